The second-order valence-electron chi connectivity index (χ2n) is 6.95. The molecule has 0 saturated heterocycles. The lowest BCUT2D eigenvalue weighted by Gasteiger charge is -2.15. The number of carboxylic acid groups (broad SMARTS) is 1. The Labute approximate surface area is 177 Å². The van der Waals surface area contributed by atoms with Crippen molar-refractivity contribution in [2.75, 3.05) is 7.11 Å². The van der Waals surface area contributed by atoms with Gasteiger partial charge in [-0.2, -0.15) is 0 Å². The summed E-state index contributed by atoms with van der Waals surface area (Å²) in [7, 11) is 1.65. The SMILES string of the molecule is COc1cccc(CCCc2ccccc2C=CC(=O)O)c1OCc1ccccc1. The first-order valence-corrected chi connectivity index (χ1v) is 9.99. The zero-order valence-electron chi connectivity index (χ0n) is 17.1. The number of ether oxygens (including phenoxy) is 2. The van der Waals surface area contributed by atoms with Crippen molar-refractivity contribution in [1.29, 1.82) is 0 Å². The van der Waals surface area contributed by atoms with Gasteiger partial charge in [0.05, 0.1) is 7.11 Å². The molecule has 0 aromatic heterocycles. The van der Waals surface area contributed by atoms with E-state index in [1.54, 1.807) is 13.2 Å². The zero-order valence-corrected chi connectivity index (χ0v) is 17.1. The Kier molecular flexibility index (Phi) is 7.67. The number of carbonyl (C=O) groups is 1. The fourth-order valence-electron chi connectivity index (χ4n) is 3.37. The summed E-state index contributed by atoms with van der Waals surface area (Å²) < 4.78 is 11.7. The maximum absolute atomic E-state index is 10.8. The van der Waals surface area contributed by atoms with Crippen LogP contribution in [0.25, 0.3) is 6.08 Å². The van der Waals surface area contributed by atoms with E-state index in [9.17, 15) is 4.79 Å². The van der Waals surface area contributed by atoms with E-state index in [0.717, 1.165) is 53.0 Å². The van der Waals surface area contributed by atoms with E-state index >= 15 is 0 Å². The lowest BCUT2D eigenvalue weighted by atomic mass is 9.99. The largest absolute Gasteiger partial charge is 0.493 e. The molecule has 0 radical (unpaired) electrons. The van der Waals surface area contributed by atoms with Crippen LogP contribution < -0.4 is 9.47 Å². The molecule has 0 aliphatic heterocycles. The van der Waals surface area contributed by atoms with Gasteiger partial charge in [-0.1, -0.05) is 66.7 Å². The molecule has 3 rings (SSSR count). The molecule has 0 atom stereocenters. The Morgan fingerprint density at radius 3 is 2.37 bits per heavy atom. The third-order valence-electron chi connectivity index (χ3n) is 4.86. The molecule has 3 aromatic rings. The molecule has 3 aromatic carbocycles. The van der Waals surface area contributed by atoms with Crippen molar-refractivity contribution in [2.45, 2.75) is 25.9 Å². The molecule has 0 bridgehead atoms. The number of methoxy groups -OCH3 is 1. The molecule has 0 saturated carbocycles. The van der Waals surface area contributed by atoms with Gasteiger partial charge in [0.1, 0.15) is 6.61 Å². The molecule has 0 aliphatic carbocycles. The Morgan fingerprint density at radius 2 is 1.60 bits per heavy atom. The zero-order chi connectivity index (χ0) is 21.2. The van der Waals surface area contributed by atoms with Crippen LogP contribution in [0.1, 0.15) is 28.7 Å². The van der Waals surface area contributed by atoms with Crippen LogP contribution in [0, 0.1) is 0 Å². The van der Waals surface area contributed by atoms with Crippen molar-refractivity contribution in [3.05, 3.63) is 101 Å². The van der Waals surface area contributed by atoms with E-state index in [2.05, 4.69) is 6.07 Å². The number of aryl methyl sites for hydroxylation is 2. The molecule has 0 unspecified atom stereocenters. The smallest absolute Gasteiger partial charge is 0.328 e. The van der Waals surface area contributed by atoms with E-state index in [0.29, 0.717) is 6.61 Å². The van der Waals surface area contributed by atoms with Gasteiger partial charge in [0.25, 0.3) is 0 Å². The Morgan fingerprint density at radius 1 is 0.900 bits per heavy atom. The van der Waals surface area contributed by atoms with Crippen LogP contribution in [-0.4, -0.2) is 18.2 Å². The van der Waals surface area contributed by atoms with E-state index in [1.807, 2.05) is 66.7 Å². The predicted molar refractivity (Wildman–Crippen MR) is 119 cm³/mol. The fourth-order valence-corrected chi connectivity index (χ4v) is 3.37. The lowest BCUT2D eigenvalue weighted by Crippen LogP contribution is -2.02. The molecular formula is C26H26O4. The quantitative estimate of drug-likeness (QED) is 0.452. The molecule has 4 heteroatoms. The minimum absolute atomic E-state index is 0.483. The van der Waals surface area contributed by atoms with Gasteiger partial charge in [0.15, 0.2) is 11.5 Å². The second-order valence-corrected chi connectivity index (χ2v) is 6.95. The Bertz CT molecular complexity index is 993. The van der Waals surface area contributed by atoms with E-state index in [4.69, 9.17) is 14.6 Å². The number of hydrogen-bond acceptors (Lipinski definition) is 3. The minimum Gasteiger partial charge on any atom is -0.493 e. The van der Waals surface area contributed by atoms with Crippen molar-refractivity contribution in [3.8, 4) is 11.5 Å². The average Bonchev–Trinajstić information content (AvgIpc) is 2.78. The van der Waals surface area contributed by atoms with Crippen LogP contribution in [-0.2, 0) is 24.2 Å². The van der Waals surface area contributed by atoms with Crippen molar-refractivity contribution in [1.82, 2.24) is 0 Å². The Hall–Kier alpha value is -3.53. The first-order chi connectivity index (χ1) is 14.7. The molecule has 0 amide bonds. The third-order valence-corrected chi connectivity index (χ3v) is 4.86. The molecule has 4 nitrogen and oxygen atoms in total. The number of carboxylic acids is 1. The highest BCUT2D eigenvalue weighted by Gasteiger charge is 2.11. The van der Waals surface area contributed by atoms with Crippen LogP contribution in [0.5, 0.6) is 11.5 Å². The van der Waals surface area contributed by atoms with Gasteiger partial charge in [-0.3, -0.25) is 0 Å². The van der Waals surface area contributed by atoms with Crippen molar-refractivity contribution in [2.24, 2.45) is 0 Å². The molecule has 0 spiro atoms. The number of aliphatic carboxylic acids is 1. The summed E-state index contributed by atoms with van der Waals surface area (Å²) in [4.78, 5) is 10.8. The van der Waals surface area contributed by atoms with Crippen LogP contribution in [0.4, 0.5) is 0 Å². The van der Waals surface area contributed by atoms with Gasteiger partial charge in [0.2, 0.25) is 0 Å². The molecule has 30 heavy (non-hydrogen) atoms. The maximum atomic E-state index is 10.8. The average molecular weight is 402 g/mol. The van der Waals surface area contributed by atoms with Gasteiger partial charge >= 0.3 is 5.97 Å². The fraction of sp³-hybridized carbons (Fsp3) is 0.192. The van der Waals surface area contributed by atoms with Crippen LogP contribution in [0.2, 0.25) is 0 Å². The molecule has 0 aliphatic rings. The second kappa shape index (κ2) is 10.9. The summed E-state index contributed by atoms with van der Waals surface area (Å²) >= 11 is 0. The number of rotatable bonds is 10. The normalized spacial score (nSPS) is 10.8. The van der Waals surface area contributed by atoms with Crippen molar-refractivity contribution < 1.29 is 19.4 Å². The summed E-state index contributed by atoms with van der Waals surface area (Å²) in [5.74, 6) is 0.567. The number of hydrogen-bond donors (Lipinski definition) is 1. The summed E-state index contributed by atoms with van der Waals surface area (Å²) in [6, 6.07) is 23.9. The molecule has 0 fully saturated rings. The van der Waals surface area contributed by atoms with Gasteiger partial charge in [-0.05, 0) is 53.7 Å². The van der Waals surface area contributed by atoms with E-state index < -0.39 is 5.97 Å². The highest BCUT2D eigenvalue weighted by molar-refractivity contribution is 5.85. The molecule has 154 valence electrons. The molecule has 0 heterocycles. The lowest BCUT2D eigenvalue weighted by molar-refractivity contribution is -0.131. The van der Waals surface area contributed by atoms with Crippen LogP contribution in [0.3, 0.4) is 0 Å². The highest BCUT2D eigenvalue weighted by Crippen LogP contribution is 2.33. The third kappa shape index (κ3) is 5.98. The maximum Gasteiger partial charge on any atom is 0.328 e. The van der Waals surface area contributed by atoms with E-state index in [-0.39, 0.29) is 0 Å². The summed E-state index contributed by atoms with van der Waals surface area (Å²) in [5.41, 5.74) is 4.27. The van der Waals surface area contributed by atoms with Crippen molar-refractivity contribution in [3.63, 3.8) is 0 Å². The number of para-hydroxylation sites is 1. The van der Waals surface area contributed by atoms with Gasteiger partial charge in [0, 0.05) is 6.08 Å². The predicted octanol–water partition coefficient (Wildman–Crippen LogP) is 5.55. The summed E-state index contributed by atoms with van der Waals surface area (Å²) in [6.07, 6.45) is 5.41. The highest BCUT2D eigenvalue weighted by atomic mass is 16.5. The Balaban J connectivity index is 1.69. The standard InChI is InChI=1S/C26H26O4/c1-29-24-16-8-15-23(26(24)30-19-20-9-3-2-4-10-20)14-7-13-21-11-5-6-12-22(21)17-18-25(27)28/h2-6,8-12,15-18H,7,13-14,19H2,1H3,(H,27,28). The van der Waals surface area contributed by atoms with E-state index in [1.165, 1.54) is 6.08 Å². The summed E-state index contributed by atoms with van der Waals surface area (Å²) in [5, 5.41) is 8.89. The van der Waals surface area contributed by atoms with Crippen LogP contribution in [0.15, 0.2) is 78.9 Å². The van der Waals surface area contributed by atoms with Gasteiger partial charge < -0.3 is 14.6 Å². The summed E-state index contributed by atoms with van der Waals surface area (Å²) in [6.45, 7) is 0.483. The molecule has 1 N–H and O–H groups in total. The van der Waals surface area contributed by atoms with Gasteiger partial charge in [-0.15, -0.1) is 0 Å². The first-order valence-electron chi connectivity index (χ1n) is 9.99. The number of benzene rings is 3. The minimum atomic E-state index is -0.943. The topological polar surface area (TPSA) is 55.8 Å². The first kappa shape index (κ1) is 21.2. The monoisotopic (exact) mass is 402 g/mol. The van der Waals surface area contributed by atoms with Gasteiger partial charge in [-0.25, -0.2) is 4.79 Å². The van der Waals surface area contributed by atoms with Crippen molar-refractivity contribution >= 4 is 12.0 Å². The molecular weight excluding hydrogens is 376 g/mol. The van der Waals surface area contributed by atoms with Crippen LogP contribution >= 0.6 is 0 Å².